The maximum Gasteiger partial charge on any atom is 0.434 e. The molecule has 9 nitrogen and oxygen atoms in total. The number of benzene rings is 2. The van der Waals surface area contributed by atoms with Gasteiger partial charge in [0.1, 0.15) is 0 Å². The van der Waals surface area contributed by atoms with Crippen molar-refractivity contribution in [3.63, 3.8) is 0 Å². The zero-order valence-electron chi connectivity index (χ0n) is 18.4. The number of aromatic carboxylic acids is 1. The standard InChI is InChI=1S/C24H14ClF3N6O3/c25-17-9-14(6-7-20(17)33-12-13(10-30-33)23(36)37)32-22(35)16-11-31-34(21(16)24(26,27)28)19-5-1-4-18-15(19)3-2-8-29-18/h1-12H,(H,32,35)(H,36,37). The highest BCUT2D eigenvalue weighted by Crippen LogP contribution is 2.35. The molecule has 0 fully saturated rings. The lowest BCUT2D eigenvalue weighted by molar-refractivity contribution is -0.143. The van der Waals surface area contributed by atoms with Gasteiger partial charge in [-0.3, -0.25) is 9.78 Å². The summed E-state index contributed by atoms with van der Waals surface area (Å²) in [6.45, 7) is 0. The molecule has 0 radical (unpaired) electrons. The molecular weight excluding hydrogens is 513 g/mol. The molecule has 0 unspecified atom stereocenters. The number of carboxylic acids is 1. The Morgan fingerprint density at radius 2 is 1.81 bits per heavy atom. The molecule has 2 N–H and O–H groups in total. The average Bonchev–Trinajstić information content (AvgIpc) is 3.52. The Kier molecular flexibility index (Phi) is 5.88. The minimum atomic E-state index is -4.91. The van der Waals surface area contributed by atoms with Crippen LogP contribution >= 0.6 is 11.6 Å². The third-order valence-electron chi connectivity index (χ3n) is 5.42. The van der Waals surface area contributed by atoms with Crippen LogP contribution in [0.1, 0.15) is 26.4 Å². The predicted molar refractivity (Wildman–Crippen MR) is 127 cm³/mol. The van der Waals surface area contributed by atoms with E-state index in [1.165, 1.54) is 41.3 Å². The number of aromatic nitrogens is 5. The Morgan fingerprint density at radius 3 is 2.51 bits per heavy atom. The van der Waals surface area contributed by atoms with Crippen LogP contribution in [0.25, 0.3) is 22.3 Å². The summed E-state index contributed by atoms with van der Waals surface area (Å²) in [5, 5.41) is 19.8. The first-order chi connectivity index (χ1) is 17.6. The Morgan fingerprint density at radius 1 is 1.00 bits per heavy atom. The molecule has 0 spiro atoms. The van der Waals surface area contributed by atoms with Crippen molar-refractivity contribution in [3.05, 3.63) is 95.2 Å². The van der Waals surface area contributed by atoms with Gasteiger partial charge in [0.2, 0.25) is 0 Å². The summed E-state index contributed by atoms with van der Waals surface area (Å²) in [5.74, 6) is -2.22. The van der Waals surface area contributed by atoms with Gasteiger partial charge in [0, 0.05) is 23.5 Å². The summed E-state index contributed by atoms with van der Waals surface area (Å²) in [6, 6.07) is 12.0. The van der Waals surface area contributed by atoms with Crippen molar-refractivity contribution in [1.82, 2.24) is 24.5 Å². The average molecular weight is 527 g/mol. The van der Waals surface area contributed by atoms with Crippen LogP contribution in [0, 0.1) is 0 Å². The van der Waals surface area contributed by atoms with Gasteiger partial charge in [0.25, 0.3) is 5.91 Å². The van der Waals surface area contributed by atoms with Crippen molar-refractivity contribution in [2.24, 2.45) is 0 Å². The van der Waals surface area contributed by atoms with E-state index in [1.807, 2.05) is 0 Å². The summed E-state index contributed by atoms with van der Waals surface area (Å²) in [7, 11) is 0. The lowest BCUT2D eigenvalue weighted by Crippen LogP contribution is -2.21. The Labute approximate surface area is 210 Å². The third kappa shape index (κ3) is 4.49. The summed E-state index contributed by atoms with van der Waals surface area (Å²) < 4.78 is 44.4. The fourth-order valence-electron chi connectivity index (χ4n) is 3.78. The lowest BCUT2D eigenvalue weighted by atomic mass is 10.1. The quantitative estimate of drug-likeness (QED) is 0.324. The first kappa shape index (κ1) is 24.0. The zero-order valence-corrected chi connectivity index (χ0v) is 19.2. The van der Waals surface area contributed by atoms with Crippen molar-refractivity contribution < 1.29 is 27.9 Å². The van der Waals surface area contributed by atoms with E-state index >= 15 is 0 Å². The molecule has 0 aliphatic rings. The number of carboxylic acid groups (broad SMARTS) is 1. The number of rotatable bonds is 5. The van der Waals surface area contributed by atoms with E-state index in [1.54, 1.807) is 24.3 Å². The molecule has 13 heteroatoms. The highest BCUT2D eigenvalue weighted by Gasteiger charge is 2.41. The first-order valence-electron chi connectivity index (χ1n) is 10.5. The summed E-state index contributed by atoms with van der Waals surface area (Å²) >= 11 is 6.26. The molecule has 1 amide bonds. The SMILES string of the molecule is O=C(O)c1cnn(-c2ccc(NC(=O)c3cnn(-c4cccc5ncccc45)c3C(F)(F)F)cc2Cl)c1. The molecule has 0 aliphatic heterocycles. The van der Waals surface area contributed by atoms with Crippen LogP contribution in [0.5, 0.6) is 0 Å². The van der Waals surface area contributed by atoms with Gasteiger partial charge in [-0.1, -0.05) is 17.7 Å². The Balaban J connectivity index is 1.49. The lowest BCUT2D eigenvalue weighted by Gasteiger charge is -2.14. The normalized spacial score (nSPS) is 11.6. The zero-order chi connectivity index (χ0) is 26.3. The summed E-state index contributed by atoms with van der Waals surface area (Å²) in [6.07, 6.45) is -0.157. The van der Waals surface area contributed by atoms with Crippen LogP contribution in [0.2, 0.25) is 5.02 Å². The number of amides is 1. The van der Waals surface area contributed by atoms with Crippen LogP contribution in [0.4, 0.5) is 18.9 Å². The Bertz CT molecular complexity index is 1670. The molecule has 5 rings (SSSR count). The molecule has 0 saturated carbocycles. The predicted octanol–water partition coefficient (Wildman–Crippen LogP) is 5.23. The topological polar surface area (TPSA) is 115 Å². The fraction of sp³-hybridized carbons (Fsp3) is 0.0417. The number of carbonyl (C=O) groups is 2. The van der Waals surface area contributed by atoms with Crippen molar-refractivity contribution in [2.75, 3.05) is 5.32 Å². The minimum Gasteiger partial charge on any atom is -0.478 e. The number of fused-ring (bicyclic) bond motifs is 1. The number of hydrogen-bond acceptors (Lipinski definition) is 5. The maximum absolute atomic E-state index is 14.2. The van der Waals surface area contributed by atoms with E-state index in [0.717, 1.165) is 12.4 Å². The Hall–Kier alpha value is -4.71. The minimum absolute atomic E-state index is 0.0629. The van der Waals surface area contributed by atoms with Crippen LogP contribution < -0.4 is 5.32 Å². The third-order valence-corrected chi connectivity index (χ3v) is 5.72. The first-order valence-corrected chi connectivity index (χ1v) is 10.9. The van der Waals surface area contributed by atoms with Gasteiger partial charge >= 0.3 is 12.1 Å². The smallest absolute Gasteiger partial charge is 0.434 e. The van der Waals surface area contributed by atoms with E-state index in [-0.39, 0.29) is 22.0 Å². The van der Waals surface area contributed by atoms with Crippen LogP contribution in [-0.4, -0.2) is 41.5 Å². The number of pyridine rings is 1. The van der Waals surface area contributed by atoms with E-state index < -0.39 is 29.3 Å². The molecule has 0 saturated heterocycles. The second-order valence-electron chi connectivity index (χ2n) is 7.76. The van der Waals surface area contributed by atoms with Crippen molar-refractivity contribution >= 4 is 40.1 Å². The van der Waals surface area contributed by atoms with Crippen molar-refractivity contribution in [3.8, 4) is 11.4 Å². The number of anilines is 1. The number of carbonyl (C=O) groups excluding carboxylic acids is 1. The molecule has 186 valence electrons. The molecule has 2 aromatic carbocycles. The number of nitrogens with one attached hydrogen (secondary N) is 1. The fourth-order valence-corrected chi connectivity index (χ4v) is 4.04. The van der Waals surface area contributed by atoms with E-state index in [2.05, 4.69) is 20.5 Å². The van der Waals surface area contributed by atoms with Crippen LogP contribution in [0.15, 0.2) is 73.3 Å². The molecular formula is C24H14ClF3N6O3. The molecule has 0 aliphatic carbocycles. The van der Waals surface area contributed by atoms with Gasteiger partial charge in [0.15, 0.2) is 5.69 Å². The number of alkyl halides is 3. The number of hydrogen-bond donors (Lipinski definition) is 2. The highest BCUT2D eigenvalue weighted by molar-refractivity contribution is 6.32. The molecule has 3 aromatic heterocycles. The van der Waals surface area contributed by atoms with Gasteiger partial charge in [-0.2, -0.15) is 23.4 Å². The second-order valence-corrected chi connectivity index (χ2v) is 8.17. The van der Waals surface area contributed by atoms with Gasteiger partial charge in [-0.05, 0) is 42.5 Å². The summed E-state index contributed by atoms with van der Waals surface area (Å²) in [5.41, 5.74) is -0.998. The molecule has 5 aromatic rings. The largest absolute Gasteiger partial charge is 0.478 e. The van der Waals surface area contributed by atoms with E-state index in [4.69, 9.17) is 16.7 Å². The van der Waals surface area contributed by atoms with Gasteiger partial charge < -0.3 is 10.4 Å². The van der Waals surface area contributed by atoms with Gasteiger partial charge in [-0.25, -0.2) is 14.2 Å². The highest BCUT2D eigenvalue weighted by atomic mass is 35.5. The molecule has 0 bridgehead atoms. The molecule has 3 heterocycles. The van der Waals surface area contributed by atoms with Gasteiger partial charge in [-0.15, -0.1) is 0 Å². The van der Waals surface area contributed by atoms with Crippen LogP contribution in [-0.2, 0) is 6.18 Å². The van der Waals surface area contributed by atoms with E-state index in [9.17, 15) is 22.8 Å². The molecule has 37 heavy (non-hydrogen) atoms. The molecule has 0 atom stereocenters. The maximum atomic E-state index is 14.2. The van der Waals surface area contributed by atoms with Crippen LogP contribution in [0.3, 0.4) is 0 Å². The van der Waals surface area contributed by atoms with E-state index in [0.29, 0.717) is 21.3 Å². The number of nitrogens with zero attached hydrogens (tertiary/aromatic N) is 5. The van der Waals surface area contributed by atoms with Crippen molar-refractivity contribution in [1.29, 1.82) is 0 Å². The van der Waals surface area contributed by atoms with Gasteiger partial charge in [0.05, 0.1) is 45.4 Å². The van der Waals surface area contributed by atoms with Crippen molar-refractivity contribution in [2.45, 2.75) is 6.18 Å². The second kappa shape index (κ2) is 9.06. The number of halogens is 4. The summed E-state index contributed by atoms with van der Waals surface area (Å²) in [4.78, 5) is 28.2. The monoisotopic (exact) mass is 526 g/mol.